The Labute approximate surface area is 132 Å². The number of rotatable bonds is 5. The Kier molecular flexibility index (Phi) is 4.06. The second-order valence-electron chi connectivity index (χ2n) is 4.57. The summed E-state index contributed by atoms with van der Waals surface area (Å²) in [6, 6.07) is 3.70. The lowest BCUT2D eigenvalue weighted by molar-refractivity contribution is 0.356. The highest BCUT2D eigenvalue weighted by atomic mass is 32.1. The van der Waals surface area contributed by atoms with Crippen molar-refractivity contribution >= 4 is 33.2 Å². The molecule has 0 fully saturated rings. The topological polar surface area (TPSA) is 69.2 Å². The van der Waals surface area contributed by atoms with Gasteiger partial charge in [-0.2, -0.15) is 0 Å². The van der Waals surface area contributed by atoms with E-state index in [1.807, 2.05) is 17.5 Å². The lowest BCUT2D eigenvalue weighted by Gasteiger charge is -2.11. The Balaban J connectivity index is 2.05. The second-order valence-corrected chi connectivity index (χ2v) is 5.43. The first-order chi connectivity index (χ1) is 10.7. The van der Waals surface area contributed by atoms with Gasteiger partial charge in [0.25, 0.3) is 0 Å². The van der Waals surface area contributed by atoms with E-state index in [1.165, 1.54) is 6.33 Å². The van der Waals surface area contributed by atoms with Gasteiger partial charge in [-0.1, -0.05) is 6.92 Å². The fraction of sp³-hybridized carbons (Fsp3) is 0.267. The van der Waals surface area contributed by atoms with E-state index in [2.05, 4.69) is 27.2 Å². The van der Waals surface area contributed by atoms with Crippen molar-refractivity contribution in [1.29, 1.82) is 0 Å². The summed E-state index contributed by atoms with van der Waals surface area (Å²) in [7, 11) is 3.21. The van der Waals surface area contributed by atoms with E-state index in [9.17, 15) is 0 Å². The number of thiazole rings is 1. The number of benzene rings is 1. The van der Waals surface area contributed by atoms with Crippen molar-refractivity contribution in [2.75, 3.05) is 19.5 Å². The molecule has 114 valence electrons. The van der Waals surface area contributed by atoms with Crippen molar-refractivity contribution in [2.45, 2.75) is 13.3 Å². The van der Waals surface area contributed by atoms with E-state index in [-0.39, 0.29) is 0 Å². The zero-order chi connectivity index (χ0) is 15.5. The quantitative estimate of drug-likeness (QED) is 0.778. The maximum Gasteiger partial charge on any atom is 0.188 e. The SMILES string of the molecule is CCc1csc(Nc2ncnc3cc(OC)c(OC)cc23)n1. The van der Waals surface area contributed by atoms with E-state index in [4.69, 9.17) is 9.47 Å². The predicted molar refractivity (Wildman–Crippen MR) is 87.4 cm³/mol. The summed E-state index contributed by atoms with van der Waals surface area (Å²) in [6.45, 7) is 2.08. The zero-order valence-electron chi connectivity index (χ0n) is 12.6. The van der Waals surface area contributed by atoms with E-state index >= 15 is 0 Å². The Hall–Kier alpha value is -2.41. The molecule has 0 atom stereocenters. The molecule has 0 saturated carbocycles. The first-order valence-electron chi connectivity index (χ1n) is 6.83. The van der Waals surface area contributed by atoms with Crippen LogP contribution in [-0.4, -0.2) is 29.2 Å². The van der Waals surface area contributed by atoms with Crippen LogP contribution in [0.5, 0.6) is 11.5 Å². The summed E-state index contributed by atoms with van der Waals surface area (Å²) in [5.41, 5.74) is 1.84. The average molecular weight is 316 g/mol. The molecule has 3 rings (SSSR count). The monoisotopic (exact) mass is 316 g/mol. The summed E-state index contributed by atoms with van der Waals surface area (Å²) in [6.07, 6.45) is 2.43. The highest BCUT2D eigenvalue weighted by molar-refractivity contribution is 7.13. The molecule has 1 aromatic carbocycles. The summed E-state index contributed by atoms with van der Waals surface area (Å²) in [4.78, 5) is 13.1. The van der Waals surface area contributed by atoms with Crippen LogP contribution in [0.15, 0.2) is 23.8 Å². The Morgan fingerprint density at radius 2 is 1.91 bits per heavy atom. The van der Waals surface area contributed by atoms with Crippen LogP contribution in [0.1, 0.15) is 12.6 Å². The van der Waals surface area contributed by atoms with Crippen LogP contribution >= 0.6 is 11.3 Å². The van der Waals surface area contributed by atoms with Crippen LogP contribution in [0, 0.1) is 0 Å². The minimum atomic E-state index is 0.640. The summed E-state index contributed by atoms with van der Waals surface area (Å²) in [5.74, 6) is 1.98. The minimum Gasteiger partial charge on any atom is -0.493 e. The molecule has 2 aromatic heterocycles. The van der Waals surface area contributed by atoms with Crippen molar-refractivity contribution in [2.24, 2.45) is 0 Å². The van der Waals surface area contributed by atoms with Crippen molar-refractivity contribution in [3.8, 4) is 11.5 Å². The number of aromatic nitrogens is 3. The fourth-order valence-corrected chi connectivity index (χ4v) is 2.90. The van der Waals surface area contributed by atoms with Crippen molar-refractivity contribution in [1.82, 2.24) is 15.0 Å². The number of nitrogens with one attached hydrogen (secondary N) is 1. The molecule has 0 bridgehead atoms. The lowest BCUT2D eigenvalue weighted by Crippen LogP contribution is -1.98. The first kappa shape index (κ1) is 14.5. The molecule has 0 spiro atoms. The average Bonchev–Trinajstić information content (AvgIpc) is 3.01. The van der Waals surface area contributed by atoms with Gasteiger partial charge < -0.3 is 14.8 Å². The van der Waals surface area contributed by atoms with Gasteiger partial charge in [-0.25, -0.2) is 15.0 Å². The molecule has 3 aromatic rings. The molecule has 2 heterocycles. The number of fused-ring (bicyclic) bond motifs is 1. The molecule has 22 heavy (non-hydrogen) atoms. The van der Waals surface area contributed by atoms with Crippen molar-refractivity contribution in [3.63, 3.8) is 0 Å². The third kappa shape index (κ3) is 2.67. The Morgan fingerprint density at radius 3 is 2.59 bits per heavy atom. The highest BCUT2D eigenvalue weighted by Gasteiger charge is 2.12. The molecule has 0 saturated heterocycles. The van der Waals surface area contributed by atoms with E-state index < -0.39 is 0 Å². The van der Waals surface area contributed by atoms with Crippen LogP contribution in [0.25, 0.3) is 10.9 Å². The number of ether oxygens (including phenoxy) is 2. The molecule has 1 N–H and O–H groups in total. The second kappa shape index (κ2) is 6.15. The lowest BCUT2D eigenvalue weighted by atomic mass is 10.2. The van der Waals surface area contributed by atoms with Gasteiger partial charge in [0, 0.05) is 16.8 Å². The summed E-state index contributed by atoms with van der Waals surface area (Å²) < 4.78 is 10.7. The van der Waals surface area contributed by atoms with Gasteiger partial charge in [-0.15, -0.1) is 11.3 Å². The zero-order valence-corrected chi connectivity index (χ0v) is 13.4. The number of methoxy groups -OCH3 is 2. The molecular formula is C15H16N4O2S. The summed E-state index contributed by atoms with van der Waals surface area (Å²) >= 11 is 1.56. The molecule has 0 aliphatic carbocycles. The van der Waals surface area contributed by atoms with Crippen LogP contribution in [0.2, 0.25) is 0 Å². The minimum absolute atomic E-state index is 0.640. The van der Waals surface area contributed by atoms with Gasteiger partial charge in [-0.3, -0.25) is 0 Å². The standard InChI is InChI=1S/C15H16N4O2S/c1-4-9-7-22-15(18-9)19-14-10-5-12(20-2)13(21-3)6-11(10)16-8-17-14/h5-8H,4H2,1-3H3,(H,16,17,18,19). The molecule has 0 aliphatic rings. The maximum atomic E-state index is 5.35. The van der Waals surface area contributed by atoms with Crippen molar-refractivity contribution in [3.05, 3.63) is 29.5 Å². The van der Waals surface area contributed by atoms with Crippen LogP contribution in [0.3, 0.4) is 0 Å². The molecule has 0 aliphatic heterocycles. The van der Waals surface area contributed by atoms with Gasteiger partial charge in [0.1, 0.15) is 12.1 Å². The number of aryl methyl sites for hydroxylation is 1. The Morgan fingerprint density at radius 1 is 1.14 bits per heavy atom. The van der Waals surface area contributed by atoms with Gasteiger partial charge in [0.15, 0.2) is 16.6 Å². The maximum absolute atomic E-state index is 5.35. The number of nitrogens with zero attached hydrogens (tertiary/aromatic N) is 3. The van der Waals surface area contributed by atoms with Crippen LogP contribution in [-0.2, 0) is 6.42 Å². The fourth-order valence-electron chi connectivity index (χ4n) is 2.11. The number of hydrogen-bond acceptors (Lipinski definition) is 7. The smallest absolute Gasteiger partial charge is 0.188 e. The number of hydrogen-bond donors (Lipinski definition) is 1. The molecule has 6 nitrogen and oxygen atoms in total. The van der Waals surface area contributed by atoms with Gasteiger partial charge in [-0.05, 0) is 12.5 Å². The summed E-state index contributed by atoms with van der Waals surface area (Å²) in [5, 5.41) is 6.95. The van der Waals surface area contributed by atoms with Crippen molar-refractivity contribution < 1.29 is 9.47 Å². The van der Waals surface area contributed by atoms with Gasteiger partial charge in [0.2, 0.25) is 0 Å². The van der Waals surface area contributed by atoms with E-state index in [0.29, 0.717) is 17.3 Å². The largest absolute Gasteiger partial charge is 0.493 e. The molecule has 7 heteroatoms. The number of anilines is 2. The van der Waals surface area contributed by atoms with Crippen LogP contribution < -0.4 is 14.8 Å². The molecular weight excluding hydrogens is 300 g/mol. The van der Waals surface area contributed by atoms with Gasteiger partial charge in [0.05, 0.1) is 25.4 Å². The molecule has 0 unspecified atom stereocenters. The first-order valence-corrected chi connectivity index (χ1v) is 7.71. The highest BCUT2D eigenvalue weighted by Crippen LogP contribution is 2.34. The third-order valence-corrected chi connectivity index (χ3v) is 4.09. The predicted octanol–water partition coefficient (Wildman–Crippen LogP) is 3.41. The molecule has 0 radical (unpaired) electrons. The third-order valence-electron chi connectivity index (χ3n) is 3.28. The van der Waals surface area contributed by atoms with Crippen LogP contribution in [0.4, 0.5) is 10.9 Å². The molecule has 0 amide bonds. The normalized spacial score (nSPS) is 10.7. The van der Waals surface area contributed by atoms with E-state index in [1.54, 1.807) is 25.6 Å². The van der Waals surface area contributed by atoms with E-state index in [0.717, 1.165) is 28.1 Å². The van der Waals surface area contributed by atoms with Gasteiger partial charge >= 0.3 is 0 Å². The Bertz CT molecular complexity index is 803.